The Labute approximate surface area is 139 Å². The number of hydrogen-bond acceptors (Lipinski definition) is 4. The van der Waals surface area contributed by atoms with Gasteiger partial charge in [0.05, 0.1) is 4.88 Å². The van der Waals surface area contributed by atoms with Gasteiger partial charge in [-0.15, -0.1) is 11.3 Å². The molecule has 2 aromatic rings. The summed E-state index contributed by atoms with van der Waals surface area (Å²) in [5, 5.41) is 1.09. The maximum Gasteiger partial charge on any atom is 0.264 e. The zero-order valence-electron chi connectivity index (χ0n) is 13.7. The number of carbonyl (C=O) groups is 2. The van der Waals surface area contributed by atoms with Crippen molar-refractivity contribution >= 4 is 33.4 Å². The third-order valence-electron chi connectivity index (χ3n) is 4.60. The fourth-order valence-corrected chi connectivity index (χ4v) is 4.60. The Bertz CT molecular complexity index is 789. The summed E-state index contributed by atoms with van der Waals surface area (Å²) in [5.41, 5.74) is 8.50. The van der Waals surface area contributed by atoms with Gasteiger partial charge in [-0.25, -0.2) is 4.98 Å². The number of pyridine rings is 1. The molecule has 1 aliphatic rings. The van der Waals surface area contributed by atoms with Crippen molar-refractivity contribution in [1.29, 1.82) is 0 Å². The lowest BCUT2D eigenvalue weighted by Crippen LogP contribution is -2.41. The minimum absolute atomic E-state index is 0.0467. The molecule has 0 atom stereocenters. The fraction of sp³-hybridized carbons (Fsp3) is 0.471. The SMILES string of the molecule is Cc1cc(C)c2c(C)c(C(=O)N3CCC(C(N)=O)CC3)sc2n1. The van der Waals surface area contributed by atoms with Gasteiger partial charge >= 0.3 is 0 Å². The number of rotatable bonds is 2. The molecular weight excluding hydrogens is 310 g/mol. The molecule has 3 heterocycles. The van der Waals surface area contributed by atoms with E-state index in [1.54, 1.807) is 0 Å². The molecule has 1 saturated heterocycles. The highest BCUT2D eigenvalue weighted by atomic mass is 32.1. The lowest BCUT2D eigenvalue weighted by molar-refractivity contribution is -0.123. The molecule has 0 spiro atoms. The molecule has 5 nitrogen and oxygen atoms in total. The number of primary amides is 1. The highest BCUT2D eigenvalue weighted by Crippen LogP contribution is 2.33. The predicted molar refractivity (Wildman–Crippen MR) is 91.7 cm³/mol. The summed E-state index contributed by atoms with van der Waals surface area (Å²) in [4.78, 5) is 32.2. The van der Waals surface area contributed by atoms with Crippen LogP contribution >= 0.6 is 11.3 Å². The van der Waals surface area contributed by atoms with Crippen LogP contribution < -0.4 is 5.73 Å². The molecule has 23 heavy (non-hydrogen) atoms. The highest BCUT2D eigenvalue weighted by Gasteiger charge is 2.28. The Morgan fingerprint density at radius 3 is 2.52 bits per heavy atom. The van der Waals surface area contributed by atoms with E-state index in [1.807, 2.05) is 18.7 Å². The van der Waals surface area contributed by atoms with Crippen LogP contribution in [0.5, 0.6) is 0 Å². The van der Waals surface area contributed by atoms with E-state index in [0.717, 1.165) is 31.9 Å². The number of amides is 2. The molecule has 0 aliphatic carbocycles. The second-order valence-corrected chi connectivity index (χ2v) is 7.28. The van der Waals surface area contributed by atoms with Crippen LogP contribution in [-0.2, 0) is 4.79 Å². The van der Waals surface area contributed by atoms with Gasteiger partial charge in [0.25, 0.3) is 5.91 Å². The third kappa shape index (κ3) is 2.83. The van der Waals surface area contributed by atoms with Gasteiger partial charge in [0.15, 0.2) is 0 Å². The second kappa shape index (κ2) is 5.92. The number of fused-ring (bicyclic) bond motifs is 1. The van der Waals surface area contributed by atoms with Crippen molar-refractivity contribution in [3.05, 3.63) is 27.8 Å². The smallest absolute Gasteiger partial charge is 0.264 e. The van der Waals surface area contributed by atoms with Crippen molar-refractivity contribution in [3.63, 3.8) is 0 Å². The molecule has 1 fully saturated rings. The summed E-state index contributed by atoms with van der Waals surface area (Å²) >= 11 is 1.47. The predicted octanol–water partition coefficient (Wildman–Crippen LogP) is 2.56. The number of piperidine rings is 1. The molecule has 3 rings (SSSR count). The minimum atomic E-state index is -0.259. The van der Waals surface area contributed by atoms with E-state index in [1.165, 1.54) is 11.3 Å². The first-order valence-electron chi connectivity index (χ1n) is 7.84. The lowest BCUT2D eigenvalue weighted by Gasteiger charge is -2.30. The summed E-state index contributed by atoms with van der Waals surface area (Å²) in [6.07, 6.45) is 1.31. The fourth-order valence-electron chi connectivity index (χ4n) is 3.33. The molecule has 0 unspecified atom stereocenters. The molecule has 6 heteroatoms. The molecule has 0 radical (unpaired) electrons. The molecule has 122 valence electrons. The largest absolute Gasteiger partial charge is 0.369 e. The monoisotopic (exact) mass is 331 g/mol. The first-order valence-corrected chi connectivity index (χ1v) is 8.66. The van der Waals surface area contributed by atoms with Gasteiger partial charge in [-0.3, -0.25) is 9.59 Å². The van der Waals surface area contributed by atoms with E-state index in [9.17, 15) is 9.59 Å². The van der Waals surface area contributed by atoms with Gasteiger partial charge in [0.1, 0.15) is 4.83 Å². The van der Waals surface area contributed by atoms with E-state index >= 15 is 0 Å². The van der Waals surface area contributed by atoms with Crippen LogP contribution in [0.1, 0.15) is 39.3 Å². The summed E-state index contributed by atoms with van der Waals surface area (Å²) in [6, 6.07) is 2.05. The minimum Gasteiger partial charge on any atom is -0.369 e. The van der Waals surface area contributed by atoms with Gasteiger partial charge < -0.3 is 10.6 Å². The molecule has 0 saturated carbocycles. The van der Waals surface area contributed by atoms with E-state index in [-0.39, 0.29) is 17.7 Å². The van der Waals surface area contributed by atoms with Crippen LogP contribution in [0.2, 0.25) is 0 Å². The van der Waals surface area contributed by atoms with Crippen molar-refractivity contribution < 1.29 is 9.59 Å². The number of carbonyl (C=O) groups excluding carboxylic acids is 2. The molecule has 2 N–H and O–H groups in total. The number of likely N-dealkylation sites (tertiary alicyclic amines) is 1. The molecule has 0 bridgehead atoms. The third-order valence-corrected chi connectivity index (χ3v) is 5.78. The molecule has 0 aromatic carbocycles. The number of nitrogens with zero attached hydrogens (tertiary/aromatic N) is 2. The normalized spacial score (nSPS) is 16.0. The first kappa shape index (κ1) is 15.9. The van der Waals surface area contributed by atoms with Crippen LogP contribution in [0.25, 0.3) is 10.2 Å². The Hall–Kier alpha value is -1.95. The van der Waals surface area contributed by atoms with Gasteiger partial charge in [0.2, 0.25) is 5.91 Å². The number of nitrogens with two attached hydrogens (primary N) is 1. The van der Waals surface area contributed by atoms with Gasteiger partial charge in [0, 0.05) is 30.1 Å². The second-order valence-electron chi connectivity index (χ2n) is 6.29. The van der Waals surface area contributed by atoms with Crippen molar-refractivity contribution in [2.75, 3.05) is 13.1 Å². The van der Waals surface area contributed by atoms with E-state index < -0.39 is 0 Å². The quantitative estimate of drug-likeness (QED) is 0.919. The van der Waals surface area contributed by atoms with E-state index in [2.05, 4.69) is 18.0 Å². The maximum absolute atomic E-state index is 12.9. The molecule has 1 aliphatic heterocycles. The van der Waals surface area contributed by atoms with Crippen LogP contribution in [0.15, 0.2) is 6.07 Å². The standard InChI is InChI=1S/C17H21N3O2S/c1-9-8-10(2)19-16-13(9)11(3)14(23-16)17(22)20-6-4-12(5-7-20)15(18)21/h8,12H,4-7H2,1-3H3,(H2,18,21). The zero-order chi connectivity index (χ0) is 16.7. The Morgan fingerprint density at radius 2 is 1.91 bits per heavy atom. The average Bonchev–Trinajstić information content (AvgIpc) is 2.83. The van der Waals surface area contributed by atoms with E-state index in [4.69, 9.17) is 5.73 Å². The summed E-state index contributed by atoms with van der Waals surface area (Å²) < 4.78 is 0. The van der Waals surface area contributed by atoms with Gasteiger partial charge in [-0.05, 0) is 50.8 Å². The number of hydrogen-bond donors (Lipinski definition) is 1. The topological polar surface area (TPSA) is 76.3 Å². The van der Waals surface area contributed by atoms with Crippen LogP contribution in [0.4, 0.5) is 0 Å². The summed E-state index contributed by atoms with van der Waals surface area (Å²) in [5.74, 6) is -0.315. The van der Waals surface area contributed by atoms with Crippen molar-refractivity contribution in [2.45, 2.75) is 33.6 Å². The number of aryl methyl sites for hydroxylation is 3. The summed E-state index contributed by atoms with van der Waals surface area (Å²) in [6.45, 7) is 7.20. The molecule has 2 aromatic heterocycles. The van der Waals surface area contributed by atoms with Gasteiger partial charge in [-0.1, -0.05) is 0 Å². The average molecular weight is 331 g/mol. The van der Waals surface area contributed by atoms with E-state index in [0.29, 0.717) is 25.9 Å². The van der Waals surface area contributed by atoms with Crippen molar-refractivity contribution in [3.8, 4) is 0 Å². The molecule has 2 amide bonds. The molecular formula is C17H21N3O2S. The Morgan fingerprint density at radius 1 is 1.26 bits per heavy atom. The Kier molecular flexibility index (Phi) is 4.10. The zero-order valence-corrected chi connectivity index (χ0v) is 14.5. The lowest BCUT2D eigenvalue weighted by atomic mass is 9.96. The highest BCUT2D eigenvalue weighted by molar-refractivity contribution is 7.20. The Balaban J connectivity index is 1.89. The van der Waals surface area contributed by atoms with Gasteiger partial charge in [-0.2, -0.15) is 0 Å². The van der Waals surface area contributed by atoms with Crippen LogP contribution in [0, 0.1) is 26.7 Å². The number of thiophene rings is 1. The first-order chi connectivity index (χ1) is 10.9. The number of aromatic nitrogens is 1. The van der Waals surface area contributed by atoms with Crippen LogP contribution in [0.3, 0.4) is 0 Å². The maximum atomic E-state index is 12.9. The van der Waals surface area contributed by atoms with Crippen molar-refractivity contribution in [2.24, 2.45) is 11.7 Å². The summed E-state index contributed by atoms with van der Waals surface area (Å²) in [7, 11) is 0. The van der Waals surface area contributed by atoms with Crippen molar-refractivity contribution in [1.82, 2.24) is 9.88 Å². The van der Waals surface area contributed by atoms with Crippen LogP contribution in [-0.4, -0.2) is 34.8 Å².